The van der Waals surface area contributed by atoms with Gasteiger partial charge in [0.25, 0.3) is 0 Å². The number of hydrogen-bond donors (Lipinski definition) is 1. The number of nitrogens with one attached hydrogen (secondary N) is 1. The van der Waals surface area contributed by atoms with Gasteiger partial charge in [-0.1, -0.05) is 12.1 Å². The summed E-state index contributed by atoms with van der Waals surface area (Å²) in [6, 6.07) is 9.87. The molecule has 1 N–H and O–H groups in total. The Morgan fingerprint density at radius 2 is 2.44 bits per heavy atom. The second kappa shape index (κ2) is 5.64. The Bertz CT molecular complexity index is 378. The van der Waals surface area contributed by atoms with Crippen LogP contribution in [0.5, 0.6) is 0 Å². The summed E-state index contributed by atoms with van der Waals surface area (Å²) in [7, 11) is 0. The third kappa shape index (κ3) is 3.06. The molecule has 0 saturated carbocycles. The zero-order valence-electron chi connectivity index (χ0n) is 9.28. The van der Waals surface area contributed by atoms with Gasteiger partial charge in [0, 0.05) is 19.7 Å². The fourth-order valence-corrected chi connectivity index (χ4v) is 1.92. The van der Waals surface area contributed by atoms with Crippen LogP contribution in [-0.2, 0) is 11.3 Å². The van der Waals surface area contributed by atoms with Crippen molar-refractivity contribution in [1.29, 1.82) is 5.26 Å². The van der Waals surface area contributed by atoms with E-state index >= 15 is 0 Å². The minimum atomic E-state index is 0.652. The molecule has 3 nitrogen and oxygen atoms in total. The molecule has 84 valence electrons. The number of rotatable bonds is 4. The van der Waals surface area contributed by atoms with Crippen molar-refractivity contribution in [1.82, 2.24) is 5.32 Å². The molecule has 16 heavy (non-hydrogen) atoms. The van der Waals surface area contributed by atoms with Crippen molar-refractivity contribution in [2.45, 2.75) is 13.0 Å². The van der Waals surface area contributed by atoms with Crippen LogP contribution in [0.1, 0.15) is 17.5 Å². The molecule has 2 rings (SSSR count). The molecule has 1 fully saturated rings. The molecular weight excluding hydrogens is 200 g/mol. The van der Waals surface area contributed by atoms with Crippen LogP contribution in [0.3, 0.4) is 0 Å². The molecule has 1 unspecified atom stereocenters. The van der Waals surface area contributed by atoms with Gasteiger partial charge in [0.05, 0.1) is 18.2 Å². The van der Waals surface area contributed by atoms with Gasteiger partial charge in [0.2, 0.25) is 0 Å². The van der Waals surface area contributed by atoms with Gasteiger partial charge in [-0.3, -0.25) is 0 Å². The highest BCUT2D eigenvalue weighted by atomic mass is 16.5. The largest absolute Gasteiger partial charge is 0.381 e. The predicted octanol–water partition coefficient (Wildman–Crippen LogP) is 1.68. The summed E-state index contributed by atoms with van der Waals surface area (Å²) in [5.41, 5.74) is 1.89. The Morgan fingerprint density at radius 1 is 1.50 bits per heavy atom. The van der Waals surface area contributed by atoms with Gasteiger partial charge in [-0.15, -0.1) is 0 Å². The SMILES string of the molecule is N#Cc1cccc(CNCC2CCOC2)c1. The molecule has 0 aromatic heterocycles. The zero-order valence-corrected chi connectivity index (χ0v) is 9.28. The number of ether oxygens (including phenoxy) is 1. The van der Waals surface area contributed by atoms with E-state index in [4.69, 9.17) is 10.00 Å². The minimum Gasteiger partial charge on any atom is -0.381 e. The summed E-state index contributed by atoms with van der Waals surface area (Å²) in [6.07, 6.45) is 1.16. The maximum atomic E-state index is 8.77. The van der Waals surface area contributed by atoms with E-state index in [1.54, 1.807) is 0 Å². The standard InChI is InChI=1S/C13H16N2O/c14-7-11-2-1-3-12(6-11)8-15-9-13-4-5-16-10-13/h1-3,6,13,15H,4-5,8-10H2. The lowest BCUT2D eigenvalue weighted by molar-refractivity contribution is 0.185. The number of nitriles is 1. The Morgan fingerprint density at radius 3 is 3.19 bits per heavy atom. The molecule has 1 atom stereocenters. The maximum absolute atomic E-state index is 8.77. The van der Waals surface area contributed by atoms with Crippen molar-refractivity contribution in [3.05, 3.63) is 35.4 Å². The van der Waals surface area contributed by atoms with Gasteiger partial charge in [-0.25, -0.2) is 0 Å². The summed E-state index contributed by atoms with van der Waals surface area (Å²) in [5.74, 6) is 0.652. The summed E-state index contributed by atoms with van der Waals surface area (Å²) in [6.45, 7) is 3.60. The summed E-state index contributed by atoms with van der Waals surface area (Å²) < 4.78 is 5.31. The van der Waals surface area contributed by atoms with Crippen LogP contribution in [-0.4, -0.2) is 19.8 Å². The summed E-state index contributed by atoms with van der Waals surface area (Å²) in [5, 5.41) is 12.2. The smallest absolute Gasteiger partial charge is 0.0991 e. The maximum Gasteiger partial charge on any atom is 0.0991 e. The lowest BCUT2D eigenvalue weighted by atomic mass is 10.1. The van der Waals surface area contributed by atoms with Crippen LogP contribution >= 0.6 is 0 Å². The summed E-state index contributed by atoms with van der Waals surface area (Å²) in [4.78, 5) is 0. The van der Waals surface area contributed by atoms with E-state index in [1.807, 2.05) is 24.3 Å². The van der Waals surface area contributed by atoms with Crippen molar-refractivity contribution < 1.29 is 4.74 Å². The number of nitrogens with zero attached hydrogens (tertiary/aromatic N) is 1. The highest BCUT2D eigenvalue weighted by molar-refractivity contribution is 5.32. The first-order chi connectivity index (χ1) is 7.88. The van der Waals surface area contributed by atoms with E-state index in [0.717, 1.165) is 43.9 Å². The van der Waals surface area contributed by atoms with Crippen molar-refractivity contribution in [2.75, 3.05) is 19.8 Å². The lowest BCUT2D eigenvalue weighted by Crippen LogP contribution is -2.22. The van der Waals surface area contributed by atoms with Gasteiger partial charge >= 0.3 is 0 Å². The molecular formula is C13H16N2O. The second-order valence-corrected chi connectivity index (χ2v) is 4.17. The Labute approximate surface area is 96.0 Å². The Balaban J connectivity index is 1.78. The van der Waals surface area contributed by atoms with Gasteiger partial charge in [0.15, 0.2) is 0 Å². The van der Waals surface area contributed by atoms with Crippen LogP contribution in [0.25, 0.3) is 0 Å². The van der Waals surface area contributed by atoms with Crippen LogP contribution < -0.4 is 5.32 Å². The van der Waals surface area contributed by atoms with Gasteiger partial charge in [-0.2, -0.15) is 5.26 Å². The Hall–Kier alpha value is -1.37. The van der Waals surface area contributed by atoms with E-state index in [1.165, 1.54) is 0 Å². The topological polar surface area (TPSA) is 45.0 Å². The second-order valence-electron chi connectivity index (χ2n) is 4.17. The van der Waals surface area contributed by atoms with Gasteiger partial charge < -0.3 is 10.1 Å². The molecule has 1 aliphatic heterocycles. The molecule has 1 saturated heterocycles. The van der Waals surface area contributed by atoms with Crippen LogP contribution in [0.2, 0.25) is 0 Å². The van der Waals surface area contributed by atoms with E-state index < -0.39 is 0 Å². The first kappa shape index (κ1) is 11.1. The normalized spacial score (nSPS) is 19.6. The monoisotopic (exact) mass is 216 g/mol. The van der Waals surface area contributed by atoms with Crippen molar-refractivity contribution >= 4 is 0 Å². The number of benzene rings is 1. The van der Waals surface area contributed by atoms with Crippen molar-refractivity contribution in [3.8, 4) is 6.07 Å². The summed E-state index contributed by atoms with van der Waals surface area (Å²) >= 11 is 0. The van der Waals surface area contributed by atoms with E-state index in [-0.39, 0.29) is 0 Å². The third-order valence-electron chi connectivity index (χ3n) is 2.84. The van der Waals surface area contributed by atoms with Gasteiger partial charge in [-0.05, 0) is 30.0 Å². The molecule has 3 heteroatoms. The molecule has 1 heterocycles. The van der Waals surface area contributed by atoms with Crippen molar-refractivity contribution in [2.24, 2.45) is 5.92 Å². The quantitative estimate of drug-likeness (QED) is 0.833. The minimum absolute atomic E-state index is 0.652. The van der Waals surface area contributed by atoms with Crippen LogP contribution in [0.15, 0.2) is 24.3 Å². The molecule has 0 radical (unpaired) electrons. The van der Waals surface area contributed by atoms with E-state index in [9.17, 15) is 0 Å². The number of hydrogen-bond acceptors (Lipinski definition) is 3. The predicted molar refractivity (Wildman–Crippen MR) is 61.8 cm³/mol. The average molecular weight is 216 g/mol. The molecule has 0 spiro atoms. The molecule has 1 aromatic rings. The first-order valence-corrected chi connectivity index (χ1v) is 5.66. The highest BCUT2D eigenvalue weighted by Crippen LogP contribution is 2.11. The van der Waals surface area contributed by atoms with E-state index in [0.29, 0.717) is 5.92 Å². The van der Waals surface area contributed by atoms with Crippen molar-refractivity contribution in [3.63, 3.8) is 0 Å². The van der Waals surface area contributed by atoms with Gasteiger partial charge in [0.1, 0.15) is 0 Å². The average Bonchev–Trinajstić information content (AvgIpc) is 2.82. The van der Waals surface area contributed by atoms with Crippen LogP contribution in [0, 0.1) is 17.2 Å². The molecule has 1 aromatic carbocycles. The molecule has 0 amide bonds. The molecule has 1 aliphatic rings. The molecule has 0 aliphatic carbocycles. The fourth-order valence-electron chi connectivity index (χ4n) is 1.92. The lowest BCUT2D eigenvalue weighted by Gasteiger charge is -2.09. The fraction of sp³-hybridized carbons (Fsp3) is 0.462. The molecule has 0 bridgehead atoms. The highest BCUT2D eigenvalue weighted by Gasteiger charge is 2.14. The Kier molecular flexibility index (Phi) is 3.92. The zero-order chi connectivity index (χ0) is 11.2. The third-order valence-corrected chi connectivity index (χ3v) is 2.84. The first-order valence-electron chi connectivity index (χ1n) is 5.66. The van der Waals surface area contributed by atoms with Crippen LogP contribution in [0.4, 0.5) is 0 Å². The van der Waals surface area contributed by atoms with E-state index in [2.05, 4.69) is 11.4 Å².